The van der Waals surface area contributed by atoms with Crippen LogP contribution in [0.5, 0.6) is 0 Å². The summed E-state index contributed by atoms with van der Waals surface area (Å²) in [7, 11) is 0. The number of nitrogens with zero attached hydrogens (tertiary/aromatic N) is 1. The van der Waals surface area contributed by atoms with Crippen LogP contribution in [-0.2, 0) is 0 Å². The molecule has 0 aliphatic carbocycles. The molecule has 1 heterocycles. The zero-order valence-electron chi connectivity index (χ0n) is 6.19. The third-order valence-electron chi connectivity index (χ3n) is 1.20. The highest BCUT2D eigenvalue weighted by Gasteiger charge is 2.05. The van der Waals surface area contributed by atoms with Crippen molar-refractivity contribution < 1.29 is 0 Å². The molecule has 0 unspecified atom stereocenters. The Hall–Kier alpha value is 0.0800. The lowest BCUT2D eigenvalue weighted by Crippen LogP contribution is -1.85. The number of halogens is 2. The monoisotopic (exact) mass is 207 g/mol. The second kappa shape index (κ2) is 3.65. The highest BCUT2D eigenvalue weighted by Crippen LogP contribution is 2.30. The van der Waals surface area contributed by atoms with Gasteiger partial charge in [-0.25, -0.2) is 4.98 Å². The van der Waals surface area contributed by atoms with Crippen molar-refractivity contribution >= 4 is 35.0 Å². The summed E-state index contributed by atoms with van der Waals surface area (Å²) in [6.45, 7) is 1.89. The molecule has 1 rings (SSSR count). The molecule has 1 nitrogen and oxygen atoms in total. The minimum atomic E-state index is 0.546. The Balaban J connectivity index is 3.24. The van der Waals surface area contributed by atoms with E-state index in [9.17, 15) is 0 Å². The summed E-state index contributed by atoms with van der Waals surface area (Å²) in [5, 5.41) is 1.91. The zero-order chi connectivity index (χ0) is 8.43. The molecule has 0 spiro atoms. The van der Waals surface area contributed by atoms with Gasteiger partial charge in [0.05, 0.1) is 10.0 Å². The maximum atomic E-state index is 5.85. The fourth-order valence-electron chi connectivity index (χ4n) is 0.726. The molecule has 0 fully saturated rings. The van der Waals surface area contributed by atoms with E-state index in [1.807, 2.05) is 13.2 Å². The van der Waals surface area contributed by atoms with Crippen molar-refractivity contribution in [3.8, 4) is 0 Å². The molecule has 0 N–H and O–H groups in total. The van der Waals surface area contributed by atoms with Gasteiger partial charge in [-0.1, -0.05) is 23.2 Å². The zero-order valence-corrected chi connectivity index (χ0v) is 8.52. The first-order valence-corrected chi connectivity index (χ1v) is 5.00. The number of aromatic nitrogens is 1. The van der Waals surface area contributed by atoms with Crippen LogP contribution in [0.25, 0.3) is 0 Å². The molecule has 0 aliphatic rings. The highest BCUT2D eigenvalue weighted by molar-refractivity contribution is 7.98. The summed E-state index contributed by atoms with van der Waals surface area (Å²) in [6.07, 6.45) is 1.92. The fourth-order valence-corrected chi connectivity index (χ4v) is 1.88. The Labute approximate surface area is 80.1 Å². The Morgan fingerprint density at radius 2 is 2.09 bits per heavy atom. The predicted octanol–water partition coefficient (Wildman–Crippen LogP) is 3.42. The van der Waals surface area contributed by atoms with Crippen molar-refractivity contribution in [2.75, 3.05) is 6.26 Å². The largest absolute Gasteiger partial charge is 0.245 e. The molecule has 11 heavy (non-hydrogen) atoms. The van der Waals surface area contributed by atoms with Crippen LogP contribution < -0.4 is 0 Å². The quantitative estimate of drug-likeness (QED) is 0.656. The molecule has 0 aliphatic heterocycles. The third-order valence-corrected chi connectivity index (χ3v) is 2.78. The van der Waals surface area contributed by atoms with Crippen molar-refractivity contribution in [2.45, 2.75) is 11.9 Å². The molecule has 0 amide bonds. The van der Waals surface area contributed by atoms with Crippen LogP contribution in [0.4, 0.5) is 0 Å². The second-order valence-electron chi connectivity index (χ2n) is 2.07. The van der Waals surface area contributed by atoms with Crippen molar-refractivity contribution in [2.24, 2.45) is 0 Å². The van der Waals surface area contributed by atoms with E-state index in [-0.39, 0.29) is 0 Å². The Morgan fingerprint density at radius 3 is 2.64 bits per heavy atom. The third kappa shape index (κ3) is 2.01. The first-order valence-electron chi connectivity index (χ1n) is 3.01. The Morgan fingerprint density at radius 1 is 1.45 bits per heavy atom. The molecule has 1 aromatic rings. The Bertz CT molecular complexity index is 275. The van der Waals surface area contributed by atoms with E-state index in [0.29, 0.717) is 10.0 Å². The minimum Gasteiger partial charge on any atom is -0.245 e. The van der Waals surface area contributed by atoms with Gasteiger partial charge in [-0.3, -0.25) is 0 Å². The predicted molar refractivity (Wildman–Crippen MR) is 50.8 cm³/mol. The SMILES string of the molecule is CSc1nc(C)cc(Cl)c1Cl. The molecular weight excluding hydrogens is 201 g/mol. The number of aryl methyl sites for hydroxylation is 1. The molecule has 4 heteroatoms. The van der Waals surface area contributed by atoms with Crippen molar-refractivity contribution in [1.82, 2.24) is 4.98 Å². The van der Waals surface area contributed by atoms with E-state index in [1.165, 1.54) is 11.8 Å². The first kappa shape index (κ1) is 9.17. The topological polar surface area (TPSA) is 12.9 Å². The summed E-state index contributed by atoms with van der Waals surface area (Å²) in [5.41, 5.74) is 0.892. The number of thioether (sulfide) groups is 1. The van der Waals surface area contributed by atoms with E-state index < -0.39 is 0 Å². The van der Waals surface area contributed by atoms with Gasteiger partial charge in [0.25, 0.3) is 0 Å². The summed E-state index contributed by atoms with van der Waals surface area (Å²) in [6, 6.07) is 1.75. The summed E-state index contributed by atoms with van der Waals surface area (Å²) < 4.78 is 0. The van der Waals surface area contributed by atoms with E-state index in [4.69, 9.17) is 23.2 Å². The molecule has 0 saturated heterocycles. The number of hydrogen-bond donors (Lipinski definition) is 0. The van der Waals surface area contributed by atoms with E-state index in [1.54, 1.807) is 6.07 Å². The lowest BCUT2D eigenvalue weighted by molar-refractivity contribution is 1.07. The van der Waals surface area contributed by atoms with Crippen molar-refractivity contribution in [1.29, 1.82) is 0 Å². The van der Waals surface area contributed by atoms with Gasteiger partial charge >= 0.3 is 0 Å². The molecule has 0 bridgehead atoms. The molecule has 0 radical (unpaired) electrons. The fraction of sp³-hybridized carbons (Fsp3) is 0.286. The summed E-state index contributed by atoms with van der Waals surface area (Å²) in [4.78, 5) is 4.20. The van der Waals surface area contributed by atoms with Crippen LogP contribution in [0.3, 0.4) is 0 Å². The smallest absolute Gasteiger partial charge is 0.116 e. The molecule has 0 aromatic carbocycles. The van der Waals surface area contributed by atoms with Gasteiger partial charge in [0, 0.05) is 5.69 Å². The normalized spacial score (nSPS) is 10.2. The average Bonchev–Trinajstić information content (AvgIpc) is 1.96. The van der Waals surface area contributed by atoms with E-state index in [2.05, 4.69) is 4.98 Å². The lowest BCUT2D eigenvalue weighted by Gasteiger charge is -2.02. The Kier molecular flexibility index (Phi) is 3.05. The molecule has 1 aromatic heterocycles. The van der Waals surface area contributed by atoms with Crippen LogP contribution in [0.2, 0.25) is 10.0 Å². The first-order chi connectivity index (χ1) is 5.15. The van der Waals surface area contributed by atoms with Crippen LogP contribution in [0.1, 0.15) is 5.69 Å². The second-order valence-corrected chi connectivity index (χ2v) is 3.65. The number of rotatable bonds is 1. The van der Waals surface area contributed by atoms with Crippen molar-refractivity contribution in [3.05, 3.63) is 21.8 Å². The average molecular weight is 208 g/mol. The molecular formula is C7H7Cl2NS. The number of hydrogen-bond acceptors (Lipinski definition) is 2. The maximum absolute atomic E-state index is 5.85. The van der Waals surface area contributed by atoms with E-state index in [0.717, 1.165) is 10.7 Å². The van der Waals surface area contributed by atoms with Gasteiger partial charge in [0.1, 0.15) is 5.03 Å². The van der Waals surface area contributed by atoms with Crippen LogP contribution >= 0.6 is 35.0 Å². The van der Waals surface area contributed by atoms with Gasteiger partial charge < -0.3 is 0 Å². The lowest BCUT2D eigenvalue weighted by atomic mass is 10.4. The summed E-state index contributed by atoms with van der Waals surface area (Å²) in [5.74, 6) is 0. The van der Waals surface area contributed by atoms with Crippen molar-refractivity contribution in [3.63, 3.8) is 0 Å². The van der Waals surface area contributed by atoms with Gasteiger partial charge in [0.15, 0.2) is 0 Å². The maximum Gasteiger partial charge on any atom is 0.116 e. The summed E-state index contributed by atoms with van der Waals surface area (Å²) >= 11 is 13.2. The molecule has 60 valence electrons. The van der Waals surface area contributed by atoms with E-state index >= 15 is 0 Å². The molecule has 0 saturated carbocycles. The standard InChI is InChI=1S/C7H7Cl2NS/c1-4-3-5(8)6(9)7(10-4)11-2/h3H,1-2H3. The van der Waals surface area contributed by atoms with Crippen LogP contribution in [0, 0.1) is 6.92 Å². The van der Waals surface area contributed by atoms with Gasteiger partial charge in [-0.2, -0.15) is 0 Å². The van der Waals surface area contributed by atoms with Crippen LogP contribution in [-0.4, -0.2) is 11.2 Å². The van der Waals surface area contributed by atoms with Gasteiger partial charge in [-0.15, -0.1) is 11.8 Å². The van der Waals surface area contributed by atoms with Crippen LogP contribution in [0.15, 0.2) is 11.1 Å². The van der Waals surface area contributed by atoms with Gasteiger partial charge in [0.2, 0.25) is 0 Å². The number of pyridine rings is 1. The highest BCUT2D eigenvalue weighted by atomic mass is 35.5. The molecule has 0 atom stereocenters. The minimum absolute atomic E-state index is 0.546. The van der Waals surface area contributed by atoms with Gasteiger partial charge in [-0.05, 0) is 19.2 Å².